The fourth-order valence-corrected chi connectivity index (χ4v) is 1.94. The Morgan fingerprint density at radius 1 is 1.13 bits per heavy atom. The topological polar surface area (TPSA) is 55.4 Å². The quantitative estimate of drug-likeness (QED) is 0.665. The molecule has 0 radical (unpaired) electrons. The first-order valence-corrected chi connectivity index (χ1v) is 7.69. The summed E-state index contributed by atoms with van der Waals surface area (Å²) in [5, 5.41) is 2.82. The number of carbonyl (C=O) groups excluding carboxylic acids is 2. The van der Waals surface area contributed by atoms with Crippen molar-refractivity contribution in [3.63, 3.8) is 0 Å². The molecule has 0 aliphatic rings. The monoisotopic (exact) mass is 311 g/mol. The number of amides is 1. The third kappa shape index (κ3) is 4.68. The van der Waals surface area contributed by atoms with Crippen LogP contribution in [-0.2, 0) is 4.79 Å². The van der Waals surface area contributed by atoms with Gasteiger partial charge in [-0.25, -0.2) is 4.79 Å². The lowest BCUT2D eigenvalue weighted by Gasteiger charge is -2.11. The van der Waals surface area contributed by atoms with Crippen LogP contribution in [0.1, 0.15) is 36.2 Å². The molecule has 2 aromatic rings. The second-order valence-corrected chi connectivity index (χ2v) is 5.58. The molecule has 0 heterocycles. The zero-order valence-electron chi connectivity index (χ0n) is 13.6. The number of rotatable bonds is 5. The maximum Gasteiger partial charge on any atom is 0.343 e. The zero-order chi connectivity index (χ0) is 16.8. The van der Waals surface area contributed by atoms with E-state index in [1.807, 2.05) is 32.9 Å². The number of carbonyl (C=O) groups is 2. The van der Waals surface area contributed by atoms with Gasteiger partial charge in [0.2, 0.25) is 5.91 Å². The molecule has 4 nitrogen and oxygen atoms in total. The molecule has 1 unspecified atom stereocenters. The van der Waals surface area contributed by atoms with E-state index in [1.165, 1.54) is 0 Å². The van der Waals surface area contributed by atoms with Gasteiger partial charge in [-0.05, 0) is 37.6 Å². The molecule has 0 bridgehead atoms. The van der Waals surface area contributed by atoms with Crippen LogP contribution in [0.15, 0.2) is 48.5 Å². The first kappa shape index (κ1) is 16.7. The molecule has 0 spiro atoms. The van der Waals surface area contributed by atoms with Crippen molar-refractivity contribution in [3.05, 3.63) is 59.7 Å². The standard InChI is InChI=1S/C19H21NO3/c1-4-14(3)18(21)20-16-6-5-7-17(12-16)23-19(22)15-10-8-13(2)9-11-15/h5-12,14H,4H2,1-3H3,(H,20,21). The van der Waals surface area contributed by atoms with Crippen LogP contribution in [0.5, 0.6) is 5.75 Å². The molecule has 2 aromatic carbocycles. The van der Waals surface area contributed by atoms with Crippen LogP contribution in [0.25, 0.3) is 0 Å². The van der Waals surface area contributed by atoms with Gasteiger partial charge in [-0.1, -0.05) is 37.6 Å². The minimum absolute atomic E-state index is 0.0467. The maximum absolute atomic E-state index is 12.1. The molecular weight excluding hydrogens is 290 g/mol. The number of benzene rings is 2. The number of ether oxygens (including phenoxy) is 1. The van der Waals surface area contributed by atoms with Crippen molar-refractivity contribution in [3.8, 4) is 5.75 Å². The van der Waals surface area contributed by atoms with Crippen LogP contribution < -0.4 is 10.1 Å². The third-order valence-corrected chi connectivity index (χ3v) is 3.66. The molecule has 1 amide bonds. The predicted molar refractivity (Wildman–Crippen MR) is 90.7 cm³/mol. The van der Waals surface area contributed by atoms with Crippen LogP contribution in [0.2, 0.25) is 0 Å². The molecule has 120 valence electrons. The fraction of sp³-hybridized carbons (Fsp3) is 0.263. The van der Waals surface area contributed by atoms with Crippen LogP contribution in [0.3, 0.4) is 0 Å². The van der Waals surface area contributed by atoms with Gasteiger partial charge in [-0.2, -0.15) is 0 Å². The van der Waals surface area contributed by atoms with Crippen molar-refractivity contribution in [1.82, 2.24) is 0 Å². The smallest absolute Gasteiger partial charge is 0.343 e. The number of hydrogen-bond acceptors (Lipinski definition) is 3. The van der Waals surface area contributed by atoms with Gasteiger partial charge in [0.1, 0.15) is 5.75 Å². The molecule has 0 aliphatic carbocycles. The Morgan fingerprint density at radius 2 is 1.83 bits per heavy atom. The Labute approximate surface area is 136 Å². The van der Waals surface area contributed by atoms with Gasteiger partial charge in [0.15, 0.2) is 0 Å². The Hall–Kier alpha value is -2.62. The van der Waals surface area contributed by atoms with Gasteiger partial charge in [0.25, 0.3) is 0 Å². The van der Waals surface area contributed by atoms with E-state index < -0.39 is 5.97 Å². The zero-order valence-corrected chi connectivity index (χ0v) is 13.6. The van der Waals surface area contributed by atoms with Crippen LogP contribution >= 0.6 is 0 Å². The lowest BCUT2D eigenvalue weighted by Crippen LogP contribution is -2.19. The number of hydrogen-bond donors (Lipinski definition) is 1. The molecule has 0 saturated heterocycles. The van der Waals surface area contributed by atoms with E-state index >= 15 is 0 Å². The second-order valence-electron chi connectivity index (χ2n) is 5.58. The van der Waals surface area contributed by atoms with Crippen LogP contribution in [-0.4, -0.2) is 11.9 Å². The Morgan fingerprint density at radius 3 is 2.48 bits per heavy atom. The van der Waals surface area contributed by atoms with Crippen molar-refractivity contribution in [2.24, 2.45) is 5.92 Å². The van der Waals surface area contributed by atoms with E-state index in [0.717, 1.165) is 12.0 Å². The second kappa shape index (κ2) is 7.58. The highest BCUT2D eigenvalue weighted by Crippen LogP contribution is 2.19. The van der Waals surface area contributed by atoms with Crippen molar-refractivity contribution in [2.45, 2.75) is 27.2 Å². The van der Waals surface area contributed by atoms with Crippen LogP contribution in [0, 0.1) is 12.8 Å². The SMILES string of the molecule is CCC(C)C(=O)Nc1cccc(OC(=O)c2ccc(C)cc2)c1. The summed E-state index contributed by atoms with van der Waals surface area (Å²) in [6, 6.07) is 14.0. The first-order valence-electron chi connectivity index (χ1n) is 7.69. The Balaban J connectivity index is 2.06. The molecule has 0 saturated carbocycles. The largest absolute Gasteiger partial charge is 0.423 e. The van der Waals surface area contributed by atoms with Gasteiger partial charge >= 0.3 is 5.97 Å². The lowest BCUT2D eigenvalue weighted by molar-refractivity contribution is -0.119. The van der Waals surface area contributed by atoms with E-state index in [0.29, 0.717) is 17.0 Å². The Bertz CT molecular complexity index is 692. The van der Waals surface area contributed by atoms with E-state index in [4.69, 9.17) is 4.74 Å². The van der Waals surface area contributed by atoms with E-state index in [2.05, 4.69) is 5.32 Å². The van der Waals surface area contributed by atoms with Crippen molar-refractivity contribution in [1.29, 1.82) is 0 Å². The highest BCUT2D eigenvalue weighted by Gasteiger charge is 2.12. The van der Waals surface area contributed by atoms with E-state index in [1.54, 1.807) is 36.4 Å². The normalized spacial score (nSPS) is 11.6. The van der Waals surface area contributed by atoms with Gasteiger partial charge in [-0.15, -0.1) is 0 Å². The molecule has 2 rings (SSSR count). The molecule has 1 N–H and O–H groups in total. The third-order valence-electron chi connectivity index (χ3n) is 3.66. The number of esters is 1. The minimum atomic E-state index is -0.421. The fourth-order valence-electron chi connectivity index (χ4n) is 1.94. The highest BCUT2D eigenvalue weighted by atomic mass is 16.5. The lowest BCUT2D eigenvalue weighted by atomic mass is 10.1. The number of nitrogens with one attached hydrogen (secondary N) is 1. The molecule has 23 heavy (non-hydrogen) atoms. The summed E-state index contributed by atoms with van der Waals surface area (Å²) in [7, 11) is 0. The molecule has 0 aromatic heterocycles. The summed E-state index contributed by atoms with van der Waals surface area (Å²) < 4.78 is 5.36. The van der Waals surface area contributed by atoms with E-state index in [-0.39, 0.29) is 11.8 Å². The summed E-state index contributed by atoms with van der Waals surface area (Å²) in [5.41, 5.74) is 2.19. The summed E-state index contributed by atoms with van der Waals surface area (Å²) in [6.07, 6.45) is 0.772. The molecule has 1 atom stereocenters. The van der Waals surface area contributed by atoms with Gasteiger partial charge in [0, 0.05) is 17.7 Å². The van der Waals surface area contributed by atoms with Crippen LogP contribution in [0.4, 0.5) is 5.69 Å². The number of anilines is 1. The van der Waals surface area contributed by atoms with Gasteiger partial charge in [-0.3, -0.25) is 4.79 Å². The van der Waals surface area contributed by atoms with Crippen molar-refractivity contribution < 1.29 is 14.3 Å². The highest BCUT2D eigenvalue weighted by molar-refractivity contribution is 5.93. The molecular formula is C19H21NO3. The average molecular weight is 311 g/mol. The van der Waals surface area contributed by atoms with E-state index in [9.17, 15) is 9.59 Å². The number of aryl methyl sites for hydroxylation is 1. The molecule has 0 fully saturated rings. The summed E-state index contributed by atoms with van der Waals surface area (Å²) >= 11 is 0. The average Bonchev–Trinajstić information content (AvgIpc) is 2.54. The molecule has 0 aliphatic heterocycles. The predicted octanol–water partition coefficient (Wildman–Crippen LogP) is 4.20. The maximum atomic E-state index is 12.1. The first-order chi connectivity index (χ1) is 11.0. The Kier molecular flexibility index (Phi) is 5.52. The summed E-state index contributed by atoms with van der Waals surface area (Å²) in [6.45, 7) is 5.79. The van der Waals surface area contributed by atoms with Gasteiger partial charge < -0.3 is 10.1 Å². The van der Waals surface area contributed by atoms with Gasteiger partial charge in [0.05, 0.1) is 5.56 Å². The van der Waals surface area contributed by atoms with Crippen molar-refractivity contribution >= 4 is 17.6 Å². The minimum Gasteiger partial charge on any atom is -0.423 e. The molecule has 4 heteroatoms. The summed E-state index contributed by atoms with van der Waals surface area (Å²) in [4.78, 5) is 24.0. The van der Waals surface area contributed by atoms with Crippen molar-refractivity contribution in [2.75, 3.05) is 5.32 Å². The summed E-state index contributed by atoms with van der Waals surface area (Å²) in [5.74, 6) is -0.129.